The van der Waals surface area contributed by atoms with E-state index in [-0.39, 0.29) is 5.56 Å². The van der Waals surface area contributed by atoms with E-state index in [4.69, 9.17) is 16.7 Å². The lowest BCUT2D eigenvalue weighted by molar-refractivity contribution is 0.0696. The number of carboxylic acids is 1. The topological polar surface area (TPSA) is 68.0 Å². The van der Waals surface area contributed by atoms with Crippen LogP contribution in [0.2, 0.25) is 5.15 Å². The van der Waals surface area contributed by atoms with Crippen LogP contribution in [0.3, 0.4) is 0 Å². The van der Waals surface area contributed by atoms with Gasteiger partial charge in [-0.25, -0.2) is 9.78 Å². The predicted molar refractivity (Wildman–Crippen MR) is 73.7 cm³/mol. The highest BCUT2D eigenvalue weighted by Crippen LogP contribution is 2.27. The fraction of sp³-hybridized carbons (Fsp3) is 0.250. The number of aromatic nitrogens is 3. The van der Waals surface area contributed by atoms with E-state index in [1.54, 1.807) is 17.8 Å². The molecule has 0 spiro atoms. The summed E-state index contributed by atoms with van der Waals surface area (Å²) in [6, 6.07) is 3.23. The van der Waals surface area contributed by atoms with Crippen LogP contribution in [-0.2, 0) is 12.8 Å². The number of aryl methyl sites for hydroxylation is 2. The van der Waals surface area contributed by atoms with Crippen molar-refractivity contribution >= 4 is 29.3 Å². The summed E-state index contributed by atoms with van der Waals surface area (Å²) < 4.78 is 1.63. The summed E-state index contributed by atoms with van der Waals surface area (Å²) in [5, 5.41) is 14.4. The number of thioether (sulfide) groups is 1. The lowest BCUT2D eigenvalue weighted by atomic mass is 10.3. The molecule has 5 nitrogen and oxygen atoms in total. The molecule has 0 aromatic carbocycles. The average molecular weight is 298 g/mol. The van der Waals surface area contributed by atoms with E-state index in [1.807, 2.05) is 6.92 Å². The SMILES string of the molecule is Cc1nn(C)c(Cl)c1CSc1ccc(C(=O)O)cn1. The van der Waals surface area contributed by atoms with Gasteiger partial charge in [-0.1, -0.05) is 11.6 Å². The van der Waals surface area contributed by atoms with Crippen LogP contribution in [0.5, 0.6) is 0 Å². The van der Waals surface area contributed by atoms with Crippen molar-refractivity contribution in [3.63, 3.8) is 0 Å². The Kier molecular flexibility index (Phi) is 4.11. The maximum Gasteiger partial charge on any atom is 0.337 e. The minimum absolute atomic E-state index is 0.181. The summed E-state index contributed by atoms with van der Waals surface area (Å²) in [6.07, 6.45) is 1.35. The molecule has 0 saturated heterocycles. The van der Waals surface area contributed by atoms with Gasteiger partial charge in [0.25, 0.3) is 0 Å². The van der Waals surface area contributed by atoms with Crippen LogP contribution < -0.4 is 0 Å². The van der Waals surface area contributed by atoms with Gasteiger partial charge in [-0.15, -0.1) is 11.8 Å². The minimum Gasteiger partial charge on any atom is -0.478 e. The number of rotatable bonds is 4. The Bertz CT molecular complexity index is 610. The Morgan fingerprint density at radius 3 is 2.74 bits per heavy atom. The lowest BCUT2D eigenvalue weighted by Gasteiger charge is -2.01. The van der Waals surface area contributed by atoms with Crippen molar-refractivity contribution < 1.29 is 9.90 Å². The third kappa shape index (κ3) is 3.08. The Balaban J connectivity index is 2.08. The van der Waals surface area contributed by atoms with Crippen LogP contribution in [0.4, 0.5) is 0 Å². The fourth-order valence-electron chi connectivity index (χ4n) is 1.58. The van der Waals surface area contributed by atoms with Gasteiger partial charge >= 0.3 is 5.97 Å². The molecule has 0 aliphatic heterocycles. The molecule has 2 rings (SSSR count). The zero-order valence-electron chi connectivity index (χ0n) is 10.4. The molecule has 0 fully saturated rings. The second kappa shape index (κ2) is 5.63. The van der Waals surface area contributed by atoms with E-state index in [2.05, 4.69) is 10.1 Å². The zero-order valence-corrected chi connectivity index (χ0v) is 12.0. The monoisotopic (exact) mass is 297 g/mol. The van der Waals surface area contributed by atoms with Crippen molar-refractivity contribution in [2.75, 3.05) is 0 Å². The normalized spacial score (nSPS) is 10.7. The van der Waals surface area contributed by atoms with Crippen LogP contribution in [0, 0.1) is 6.92 Å². The lowest BCUT2D eigenvalue weighted by Crippen LogP contribution is -1.96. The third-order valence-corrected chi connectivity index (χ3v) is 4.06. The average Bonchev–Trinajstić information content (AvgIpc) is 2.62. The van der Waals surface area contributed by atoms with Crippen molar-refractivity contribution in [1.82, 2.24) is 14.8 Å². The smallest absolute Gasteiger partial charge is 0.337 e. The summed E-state index contributed by atoms with van der Waals surface area (Å²) in [6.45, 7) is 1.91. The number of nitrogens with zero attached hydrogens (tertiary/aromatic N) is 3. The van der Waals surface area contributed by atoms with Gasteiger partial charge in [-0.05, 0) is 19.1 Å². The van der Waals surface area contributed by atoms with Crippen LogP contribution in [0.1, 0.15) is 21.6 Å². The summed E-state index contributed by atoms with van der Waals surface area (Å²) in [5.74, 6) is -0.326. The van der Waals surface area contributed by atoms with E-state index in [0.717, 1.165) is 16.3 Å². The van der Waals surface area contributed by atoms with Crippen LogP contribution in [0.25, 0.3) is 0 Å². The zero-order chi connectivity index (χ0) is 14.0. The molecule has 0 radical (unpaired) electrons. The van der Waals surface area contributed by atoms with Gasteiger partial charge in [-0.3, -0.25) is 4.68 Å². The minimum atomic E-state index is -0.977. The second-order valence-electron chi connectivity index (χ2n) is 3.96. The molecule has 0 amide bonds. The molecular weight excluding hydrogens is 286 g/mol. The molecule has 19 heavy (non-hydrogen) atoms. The quantitative estimate of drug-likeness (QED) is 0.879. The summed E-state index contributed by atoms with van der Waals surface area (Å²) in [4.78, 5) is 14.8. The molecule has 0 atom stereocenters. The number of aromatic carboxylic acids is 1. The Morgan fingerprint density at radius 2 is 2.26 bits per heavy atom. The number of halogens is 1. The molecule has 1 N–H and O–H groups in total. The van der Waals surface area contributed by atoms with Crippen molar-refractivity contribution in [1.29, 1.82) is 0 Å². The third-order valence-electron chi connectivity index (χ3n) is 2.62. The molecule has 0 unspecified atom stereocenters. The fourth-order valence-corrected chi connectivity index (χ4v) is 2.83. The maximum absolute atomic E-state index is 10.7. The first-order valence-corrected chi connectivity index (χ1v) is 6.85. The Labute approximate surface area is 119 Å². The van der Waals surface area contributed by atoms with Gasteiger partial charge in [0, 0.05) is 24.6 Å². The largest absolute Gasteiger partial charge is 0.478 e. The van der Waals surface area contributed by atoms with Gasteiger partial charge in [0.05, 0.1) is 16.3 Å². The van der Waals surface area contributed by atoms with Crippen LogP contribution in [0.15, 0.2) is 23.4 Å². The van der Waals surface area contributed by atoms with Crippen molar-refractivity contribution in [2.45, 2.75) is 17.7 Å². The maximum atomic E-state index is 10.7. The van der Waals surface area contributed by atoms with Gasteiger partial charge in [-0.2, -0.15) is 5.10 Å². The Morgan fingerprint density at radius 1 is 1.53 bits per heavy atom. The molecule has 0 bridgehead atoms. The molecule has 2 heterocycles. The van der Waals surface area contributed by atoms with Gasteiger partial charge in [0.15, 0.2) is 0 Å². The van der Waals surface area contributed by atoms with Crippen molar-refractivity contribution in [2.24, 2.45) is 7.05 Å². The van der Waals surface area contributed by atoms with E-state index < -0.39 is 5.97 Å². The molecule has 0 aliphatic carbocycles. The van der Waals surface area contributed by atoms with E-state index in [9.17, 15) is 4.79 Å². The van der Waals surface area contributed by atoms with Gasteiger partial charge < -0.3 is 5.11 Å². The first-order valence-electron chi connectivity index (χ1n) is 5.49. The summed E-state index contributed by atoms with van der Waals surface area (Å²) >= 11 is 7.63. The summed E-state index contributed by atoms with van der Waals surface area (Å²) in [5.41, 5.74) is 2.04. The predicted octanol–water partition coefficient (Wildman–Crippen LogP) is 2.77. The number of hydrogen-bond donors (Lipinski definition) is 1. The molecular formula is C12H12ClN3O2S. The summed E-state index contributed by atoms with van der Waals surface area (Å²) in [7, 11) is 1.80. The number of hydrogen-bond acceptors (Lipinski definition) is 4. The highest BCUT2D eigenvalue weighted by molar-refractivity contribution is 7.98. The van der Waals surface area contributed by atoms with Crippen molar-refractivity contribution in [3.05, 3.63) is 40.3 Å². The van der Waals surface area contributed by atoms with Crippen LogP contribution >= 0.6 is 23.4 Å². The number of carbonyl (C=O) groups is 1. The van der Waals surface area contributed by atoms with E-state index in [1.165, 1.54) is 24.0 Å². The van der Waals surface area contributed by atoms with E-state index in [0.29, 0.717) is 10.9 Å². The standard InChI is InChI=1S/C12H12ClN3O2S/c1-7-9(11(13)16(2)15-7)6-19-10-4-3-8(5-14-10)12(17)18/h3-5H,6H2,1-2H3,(H,17,18). The molecule has 2 aromatic heterocycles. The Hall–Kier alpha value is -1.53. The number of pyridine rings is 1. The first kappa shape index (κ1) is 13.9. The van der Waals surface area contributed by atoms with Gasteiger partial charge in [0.1, 0.15) is 5.15 Å². The molecule has 0 aliphatic rings. The second-order valence-corrected chi connectivity index (χ2v) is 5.31. The molecule has 100 valence electrons. The van der Waals surface area contributed by atoms with Crippen LogP contribution in [-0.4, -0.2) is 25.8 Å². The molecule has 7 heteroatoms. The first-order chi connectivity index (χ1) is 8.99. The molecule has 0 saturated carbocycles. The highest BCUT2D eigenvalue weighted by atomic mass is 35.5. The van der Waals surface area contributed by atoms with Gasteiger partial charge in [0.2, 0.25) is 0 Å². The van der Waals surface area contributed by atoms with Crippen molar-refractivity contribution in [3.8, 4) is 0 Å². The number of carboxylic acid groups (broad SMARTS) is 1. The molecule has 2 aromatic rings. The van der Waals surface area contributed by atoms with E-state index >= 15 is 0 Å². The highest BCUT2D eigenvalue weighted by Gasteiger charge is 2.12.